The lowest BCUT2D eigenvalue weighted by Crippen LogP contribution is -2.25. The maximum Gasteiger partial charge on any atom is 0.133 e. The molecule has 110 valence electrons. The molecule has 1 N–H and O–H groups in total. The number of nitrogens with one attached hydrogen (secondary N) is 1. The van der Waals surface area contributed by atoms with E-state index in [1.165, 1.54) is 43.1 Å². The summed E-state index contributed by atoms with van der Waals surface area (Å²) in [6, 6.07) is 9.26. The molecule has 2 aliphatic rings. The van der Waals surface area contributed by atoms with Crippen molar-refractivity contribution in [3.63, 3.8) is 0 Å². The van der Waals surface area contributed by atoms with E-state index >= 15 is 0 Å². The third-order valence-electron chi connectivity index (χ3n) is 4.69. The SMILES string of the molecule is Brc1cccc2c(NCC3CCN(C4CC4)C3)nccc12. The van der Waals surface area contributed by atoms with Gasteiger partial charge < -0.3 is 10.2 Å². The average molecular weight is 346 g/mol. The van der Waals surface area contributed by atoms with Crippen molar-refractivity contribution in [2.75, 3.05) is 25.0 Å². The predicted molar refractivity (Wildman–Crippen MR) is 90.6 cm³/mol. The number of likely N-dealkylation sites (tertiary alicyclic amines) is 1. The summed E-state index contributed by atoms with van der Waals surface area (Å²) < 4.78 is 1.13. The molecule has 1 saturated heterocycles. The minimum atomic E-state index is 0.759. The van der Waals surface area contributed by atoms with E-state index in [4.69, 9.17) is 0 Å². The fraction of sp³-hybridized carbons (Fsp3) is 0.471. The molecule has 0 radical (unpaired) electrons. The molecular weight excluding hydrogens is 326 g/mol. The summed E-state index contributed by atoms with van der Waals surface area (Å²) in [6.45, 7) is 3.57. The van der Waals surface area contributed by atoms with E-state index in [9.17, 15) is 0 Å². The third-order valence-corrected chi connectivity index (χ3v) is 5.38. The lowest BCUT2D eigenvalue weighted by atomic mass is 10.1. The molecule has 1 aliphatic heterocycles. The Labute approximate surface area is 133 Å². The van der Waals surface area contributed by atoms with Gasteiger partial charge in [-0.15, -0.1) is 0 Å². The van der Waals surface area contributed by atoms with Crippen LogP contribution in [0.4, 0.5) is 5.82 Å². The van der Waals surface area contributed by atoms with Crippen LogP contribution in [0.2, 0.25) is 0 Å². The Morgan fingerprint density at radius 1 is 1.19 bits per heavy atom. The third kappa shape index (κ3) is 2.79. The summed E-state index contributed by atoms with van der Waals surface area (Å²) in [4.78, 5) is 7.20. The molecule has 0 bridgehead atoms. The number of nitrogens with zero attached hydrogens (tertiary/aromatic N) is 2. The molecule has 0 spiro atoms. The second-order valence-corrected chi connectivity index (χ2v) is 7.11. The average Bonchev–Trinajstić information content (AvgIpc) is 3.25. The van der Waals surface area contributed by atoms with Crippen molar-refractivity contribution in [1.82, 2.24) is 9.88 Å². The van der Waals surface area contributed by atoms with Gasteiger partial charge in [-0.05, 0) is 43.9 Å². The molecule has 4 heteroatoms. The van der Waals surface area contributed by atoms with Crippen LogP contribution in [0.1, 0.15) is 19.3 Å². The molecule has 1 aromatic carbocycles. The number of hydrogen-bond acceptors (Lipinski definition) is 3. The van der Waals surface area contributed by atoms with Gasteiger partial charge in [0, 0.05) is 40.6 Å². The zero-order valence-corrected chi connectivity index (χ0v) is 13.6. The van der Waals surface area contributed by atoms with Crippen LogP contribution < -0.4 is 5.32 Å². The molecule has 2 fully saturated rings. The Hall–Kier alpha value is -1.13. The minimum Gasteiger partial charge on any atom is -0.369 e. The molecule has 2 aromatic rings. The molecule has 0 amide bonds. The summed E-state index contributed by atoms with van der Waals surface area (Å²) in [7, 11) is 0. The number of halogens is 1. The number of anilines is 1. The maximum atomic E-state index is 4.53. The first-order valence-electron chi connectivity index (χ1n) is 7.82. The molecule has 21 heavy (non-hydrogen) atoms. The van der Waals surface area contributed by atoms with Crippen molar-refractivity contribution in [3.05, 3.63) is 34.9 Å². The number of aromatic nitrogens is 1. The van der Waals surface area contributed by atoms with Crippen LogP contribution in [0.5, 0.6) is 0 Å². The van der Waals surface area contributed by atoms with Gasteiger partial charge in [0.2, 0.25) is 0 Å². The fourth-order valence-corrected chi connectivity index (χ4v) is 3.85. The Morgan fingerprint density at radius 2 is 2.10 bits per heavy atom. The van der Waals surface area contributed by atoms with Crippen molar-refractivity contribution in [1.29, 1.82) is 0 Å². The highest BCUT2D eigenvalue weighted by Crippen LogP contribution is 2.32. The van der Waals surface area contributed by atoms with Crippen molar-refractivity contribution in [2.24, 2.45) is 5.92 Å². The topological polar surface area (TPSA) is 28.2 Å². The van der Waals surface area contributed by atoms with E-state index in [0.717, 1.165) is 28.8 Å². The first kappa shape index (κ1) is 13.5. The molecule has 1 aromatic heterocycles. The van der Waals surface area contributed by atoms with Crippen LogP contribution in [0.15, 0.2) is 34.9 Å². The molecule has 3 nitrogen and oxygen atoms in total. The lowest BCUT2D eigenvalue weighted by molar-refractivity contribution is 0.316. The summed E-state index contributed by atoms with van der Waals surface area (Å²) in [5.74, 6) is 1.77. The smallest absolute Gasteiger partial charge is 0.133 e. The standard InChI is InChI=1S/C17H20BrN3/c18-16-3-1-2-15-14(16)6-8-19-17(15)20-10-12-7-9-21(11-12)13-4-5-13/h1-3,6,8,12-13H,4-5,7,9-11H2,(H,19,20). The van der Waals surface area contributed by atoms with Gasteiger partial charge in [-0.25, -0.2) is 4.98 Å². The summed E-state index contributed by atoms with van der Waals surface area (Å²) >= 11 is 3.62. The molecule has 1 unspecified atom stereocenters. The van der Waals surface area contributed by atoms with E-state index in [1.54, 1.807) is 0 Å². The number of fused-ring (bicyclic) bond motifs is 1. The van der Waals surface area contributed by atoms with Gasteiger partial charge >= 0.3 is 0 Å². The highest BCUT2D eigenvalue weighted by molar-refractivity contribution is 9.10. The van der Waals surface area contributed by atoms with E-state index in [-0.39, 0.29) is 0 Å². The van der Waals surface area contributed by atoms with Gasteiger partial charge in [-0.2, -0.15) is 0 Å². The van der Waals surface area contributed by atoms with Gasteiger partial charge in [0.05, 0.1) is 0 Å². The lowest BCUT2D eigenvalue weighted by Gasteiger charge is -2.16. The van der Waals surface area contributed by atoms with Gasteiger partial charge in [-0.1, -0.05) is 28.1 Å². The highest BCUT2D eigenvalue weighted by Gasteiger charge is 2.34. The van der Waals surface area contributed by atoms with Crippen LogP contribution in [0.3, 0.4) is 0 Å². The Balaban J connectivity index is 1.46. The maximum absolute atomic E-state index is 4.53. The number of hydrogen-bond donors (Lipinski definition) is 1. The van der Waals surface area contributed by atoms with Crippen LogP contribution in [-0.2, 0) is 0 Å². The molecule has 1 aliphatic carbocycles. The number of pyridine rings is 1. The summed E-state index contributed by atoms with van der Waals surface area (Å²) in [5, 5.41) is 6.00. The Morgan fingerprint density at radius 3 is 2.95 bits per heavy atom. The van der Waals surface area contributed by atoms with Gasteiger partial charge in [0.1, 0.15) is 5.82 Å². The Kier molecular flexibility index (Phi) is 3.59. The van der Waals surface area contributed by atoms with Gasteiger partial charge in [0.25, 0.3) is 0 Å². The van der Waals surface area contributed by atoms with Crippen molar-refractivity contribution < 1.29 is 0 Å². The van der Waals surface area contributed by atoms with Gasteiger partial charge in [-0.3, -0.25) is 0 Å². The highest BCUT2D eigenvalue weighted by atomic mass is 79.9. The molecule has 2 heterocycles. The number of benzene rings is 1. The van der Waals surface area contributed by atoms with Crippen LogP contribution >= 0.6 is 15.9 Å². The predicted octanol–water partition coefficient (Wildman–Crippen LogP) is 3.89. The first-order valence-corrected chi connectivity index (χ1v) is 8.62. The van der Waals surface area contributed by atoms with Crippen LogP contribution in [0, 0.1) is 5.92 Å². The van der Waals surface area contributed by atoms with Crippen molar-refractivity contribution >= 4 is 32.5 Å². The van der Waals surface area contributed by atoms with E-state index in [2.05, 4.69) is 55.4 Å². The normalized spacial score (nSPS) is 22.8. The molecule has 4 rings (SSSR count). The fourth-order valence-electron chi connectivity index (χ4n) is 3.35. The van der Waals surface area contributed by atoms with Gasteiger partial charge in [0.15, 0.2) is 0 Å². The minimum absolute atomic E-state index is 0.759. The molecular formula is C17H20BrN3. The second-order valence-electron chi connectivity index (χ2n) is 6.26. The number of rotatable bonds is 4. The zero-order valence-electron chi connectivity index (χ0n) is 12.1. The summed E-state index contributed by atoms with van der Waals surface area (Å²) in [5.41, 5.74) is 0. The largest absolute Gasteiger partial charge is 0.369 e. The van der Waals surface area contributed by atoms with Crippen LogP contribution in [0.25, 0.3) is 10.8 Å². The van der Waals surface area contributed by atoms with Crippen molar-refractivity contribution in [3.8, 4) is 0 Å². The zero-order chi connectivity index (χ0) is 14.2. The van der Waals surface area contributed by atoms with Crippen molar-refractivity contribution in [2.45, 2.75) is 25.3 Å². The monoisotopic (exact) mass is 345 g/mol. The summed E-state index contributed by atoms with van der Waals surface area (Å²) in [6.07, 6.45) is 6.04. The van der Waals surface area contributed by atoms with E-state index in [1.807, 2.05) is 6.20 Å². The Bertz CT molecular complexity index is 654. The quantitative estimate of drug-likeness (QED) is 0.910. The molecule has 1 saturated carbocycles. The second kappa shape index (κ2) is 5.58. The first-order chi connectivity index (χ1) is 10.3. The van der Waals surface area contributed by atoms with Crippen LogP contribution in [-0.4, -0.2) is 35.6 Å². The molecule has 1 atom stereocenters. The van der Waals surface area contributed by atoms with E-state index < -0.39 is 0 Å². The van der Waals surface area contributed by atoms with E-state index in [0.29, 0.717) is 0 Å².